The van der Waals surface area contributed by atoms with Crippen LogP contribution in [0.1, 0.15) is 37.8 Å². The molecule has 0 saturated heterocycles. The average Bonchev–Trinajstić information content (AvgIpc) is 2.46. The summed E-state index contributed by atoms with van der Waals surface area (Å²) in [6.45, 7) is 6.72. The van der Waals surface area contributed by atoms with Crippen molar-refractivity contribution in [2.75, 3.05) is 6.61 Å². The first-order valence-electron chi connectivity index (χ1n) is 7.34. The molecule has 0 heterocycles. The lowest BCUT2D eigenvalue weighted by molar-refractivity contribution is -0.156. The molecular weight excluding hydrogens is 336 g/mol. The summed E-state index contributed by atoms with van der Waals surface area (Å²) in [4.78, 5) is 33.8. The van der Waals surface area contributed by atoms with Crippen LogP contribution in [0.3, 0.4) is 0 Å². The first-order chi connectivity index (χ1) is 11.1. The number of nitrogens with two attached hydrogens (primary N) is 1. The molecule has 0 fully saturated rings. The zero-order chi connectivity index (χ0) is 18.4. The lowest BCUT2D eigenvalue weighted by atomic mass is 10.0. The highest BCUT2D eigenvalue weighted by Crippen LogP contribution is 2.31. The molecule has 0 aliphatic carbocycles. The molecule has 0 radical (unpaired) electrons. The van der Waals surface area contributed by atoms with Crippen LogP contribution in [-0.4, -0.2) is 30.6 Å². The highest BCUT2D eigenvalue weighted by Gasteiger charge is 2.20. The van der Waals surface area contributed by atoms with Crippen LogP contribution in [-0.2, 0) is 14.3 Å². The third kappa shape index (κ3) is 5.73. The molecule has 3 amide bonds. The van der Waals surface area contributed by atoms with Crippen LogP contribution >= 0.6 is 11.6 Å². The summed E-state index contributed by atoms with van der Waals surface area (Å²) in [6, 6.07) is 2.52. The van der Waals surface area contributed by atoms with Gasteiger partial charge in [-0.2, -0.15) is 0 Å². The fourth-order valence-corrected chi connectivity index (χ4v) is 2.06. The number of hydrogen-bond acceptors (Lipinski definition) is 5. The van der Waals surface area contributed by atoms with Crippen molar-refractivity contribution < 1.29 is 23.9 Å². The Hall–Kier alpha value is -2.28. The molecule has 1 aromatic rings. The molecule has 0 aromatic heterocycles. The number of primary amides is 1. The molecule has 0 bridgehead atoms. The predicted octanol–water partition coefficient (Wildman–Crippen LogP) is 2.28. The molecule has 1 rings (SSSR count). The van der Waals surface area contributed by atoms with E-state index in [2.05, 4.69) is 0 Å². The Morgan fingerprint density at radius 3 is 2.42 bits per heavy atom. The smallest absolute Gasteiger partial charge is 0.344 e. The number of ether oxygens (including phenoxy) is 2. The van der Waals surface area contributed by atoms with Crippen molar-refractivity contribution in [1.29, 1.82) is 0 Å². The minimum absolute atomic E-state index is 0.148. The largest absolute Gasteiger partial charge is 0.482 e. The lowest BCUT2D eigenvalue weighted by Crippen LogP contribution is -2.42. The Kier molecular flexibility index (Phi) is 7.03. The minimum Gasteiger partial charge on any atom is -0.482 e. The van der Waals surface area contributed by atoms with Gasteiger partial charge in [-0.05, 0) is 43.0 Å². The molecule has 0 aliphatic heterocycles. The monoisotopic (exact) mass is 356 g/mol. The number of nitrogens with one attached hydrogen (secondary N) is 1. The van der Waals surface area contributed by atoms with E-state index in [-0.39, 0.29) is 12.5 Å². The quantitative estimate of drug-likeness (QED) is 0.760. The van der Waals surface area contributed by atoms with Crippen molar-refractivity contribution >= 4 is 29.5 Å². The van der Waals surface area contributed by atoms with E-state index in [4.69, 9.17) is 26.8 Å². The summed E-state index contributed by atoms with van der Waals surface area (Å²) in [7, 11) is 0. The van der Waals surface area contributed by atoms with Gasteiger partial charge in [-0.1, -0.05) is 25.4 Å². The van der Waals surface area contributed by atoms with E-state index in [0.717, 1.165) is 11.1 Å². The number of benzene rings is 1. The highest BCUT2D eigenvalue weighted by molar-refractivity contribution is 6.31. The lowest BCUT2D eigenvalue weighted by Gasteiger charge is -2.16. The summed E-state index contributed by atoms with van der Waals surface area (Å²) >= 11 is 6.11. The van der Waals surface area contributed by atoms with Crippen LogP contribution in [0.4, 0.5) is 4.79 Å². The molecular formula is C16H21ClN2O5. The summed E-state index contributed by atoms with van der Waals surface area (Å²) in [6.07, 6.45) is -1.16. The van der Waals surface area contributed by atoms with Crippen LogP contribution in [0.5, 0.6) is 5.75 Å². The number of carbonyl (C=O) groups excluding carboxylic acids is 3. The number of halogens is 1. The maximum atomic E-state index is 11.8. The Morgan fingerprint density at radius 2 is 1.88 bits per heavy atom. The zero-order valence-corrected chi connectivity index (χ0v) is 14.8. The summed E-state index contributed by atoms with van der Waals surface area (Å²) in [5.41, 5.74) is 6.50. The number of esters is 1. The standard InChI is InChI=1S/C16H21ClN2O5/c1-8(2)11-6-12(17)9(3)5-13(11)23-7-14(20)24-10(4)15(21)19-16(18)22/h5-6,8,10H,7H2,1-4H3,(H3,18,19,21,22)/t10-/m0/s1. The molecule has 8 heteroatoms. The minimum atomic E-state index is -1.16. The Balaban J connectivity index is 2.69. The predicted molar refractivity (Wildman–Crippen MR) is 89.1 cm³/mol. The van der Waals surface area contributed by atoms with Gasteiger partial charge < -0.3 is 15.2 Å². The Morgan fingerprint density at radius 1 is 1.25 bits per heavy atom. The van der Waals surface area contributed by atoms with Crippen LogP contribution in [0.25, 0.3) is 0 Å². The molecule has 1 aromatic carbocycles. The Bertz CT molecular complexity index is 646. The van der Waals surface area contributed by atoms with Gasteiger partial charge in [-0.3, -0.25) is 10.1 Å². The van der Waals surface area contributed by atoms with Gasteiger partial charge in [0.2, 0.25) is 0 Å². The number of amides is 3. The summed E-state index contributed by atoms with van der Waals surface area (Å²) < 4.78 is 10.4. The zero-order valence-electron chi connectivity index (χ0n) is 14.0. The SMILES string of the molecule is Cc1cc(OCC(=O)O[C@@H](C)C(=O)NC(N)=O)c(C(C)C)cc1Cl. The molecule has 7 nitrogen and oxygen atoms in total. The molecule has 1 atom stereocenters. The van der Waals surface area contributed by atoms with Gasteiger partial charge in [0.05, 0.1) is 0 Å². The van der Waals surface area contributed by atoms with Gasteiger partial charge in [0.25, 0.3) is 5.91 Å². The first kappa shape index (κ1) is 19.8. The van der Waals surface area contributed by atoms with E-state index in [9.17, 15) is 14.4 Å². The van der Waals surface area contributed by atoms with Crippen molar-refractivity contribution in [3.63, 3.8) is 0 Å². The van der Waals surface area contributed by atoms with Gasteiger partial charge in [-0.25, -0.2) is 9.59 Å². The maximum absolute atomic E-state index is 11.8. The van der Waals surface area contributed by atoms with E-state index in [0.29, 0.717) is 10.8 Å². The second kappa shape index (κ2) is 8.54. The van der Waals surface area contributed by atoms with E-state index in [1.807, 2.05) is 26.1 Å². The van der Waals surface area contributed by atoms with E-state index in [1.54, 1.807) is 12.1 Å². The van der Waals surface area contributed by atoms with Crippen molar-refractivity contribution in [2.24, 2.45) is 5.73 Å². The summed E-state index contributed by atoms with van der Waals surface area (Å²) in [5.74, 6) is -0.877. The number of imide groups is 1. The van der Waals surface area contributed by atoms with Gasteiger partial charge in [0.15, 0.2) is 12.7 Å². The number of carbonyl (C=O) groups is 3. The van der Waals surface area contributed by atoms with Gasteiger partial charge >= 0.3 is 12.0 Å². The normalized spacial score (nSPS) is 11.8. The molecule has 24 heavy (non-hydrogen) atoms. The fraction of sp³-hybridized carbons (Fsp3) is 0.438. The summed E-state index contributed by atoms with van der Waals surface area (Å²) in [5, 5.41) is 2.44. The van der Waals surface area contributed by atoms with Gasteiger partial charge in [0, 0.05) is 5.02 Å². The maximum Gasteiger partial charge on any atom is 0.344 e. The Labute approximate surface area is 145 Å². The van der Waals surface area contributed by atoms with E-state index < -0.39 is 24.0 Å². The van der Waals surface area contributed by atoms with Crippen LogP contribution in [0.15, 0.2) is 12.1 Å². The third-order valence-corrected chi connectivity index (χ3v) is 3.59. The van der Waals surface area contributed by atoms with E-state index >= 15 is 0 Å². The van der Waals surface area contributed by atoms with Crippen LogP contribution in [0, 0.1) is 6.92 Å². The van der Waals surface area contributed by atoms with Crippen molar-refractivity contribution in [3.8, 4) is 5.75 Å². The van der Waals surface area contributed by atoms with Crippen molar-refractivity contribution in [3.05, 3.63) is 28.3 Å². The third-order valence-electron chi connectivity index (χ3n) is 3.18. The molecule has 0 aliphatic rings. The molecule has 132 valence electrons. The number of urea groups is 1. The van der Waals surface area contributed by atoms with Gasteiger partial charge in [0.1, 0.15) is 5.75 Å². The van der Waals surface area contributed by atoms with Crippen LogP contribution in [0.2, 0.25) is 5.02 Å². The van der Waals surface area contributed by atoms with Crippen LogP contribution < -0.4 is 15.8 Å². The fourth-order valence-electron chi connectivity index (χ4n) is 1.89. The van der Waals surface area contributed by atoms with Gasteiger partial charge in [-0.15, -0.1) is 0 Å². The van der Waals surface area contributed by atoms with E-state index in [1.165, 1.54) is 6.92 Å². The first-order valence-corrected chi connectivity index (χ1v) is 7.72. The molecule has 0 saturated carbocycles. The molecule has 0 spiro atoms. The molecule has 0 unspecified atom stereocenters. The second-order valence-electron chi connectivity index (χ2n) is 5.57. The topological polar surface area (TPSA) is 108 Å². The molecule has 3 N–H and O–H groups in total. The number of rotatable bonds is 6. The average molecular weight is 357 g/mol. The van der Waals surface area contributed by atoms with Crippen molar-refractivity contribution in [1.82, 2.24) is 5.32 Å². The second-order valence-corrected chi connectivity index (χ2v) is 5.98. The number of hydrogen-bond donors (Lipinski definition) is 2. The number of aryl methyl sites for hydroxylation is 1. The highest BCUT2D eigenvalue weighted by atomic mass is 35.5. The van der Waals surface area contributed by atoms with Crippen molar-refractivity contribution in [2.45, 2.75) is 39.7 Å².